The third-order valence-electron chi connectivity index (χ3n) is 5.35. The maximum absolute atomic E-state index is 2.62. The highest BCUT2D eigenvalue weighted by molar-refractivity contribution is 7.43. The normalized spacial score (nSPS) is 12.1. The lowest BCUT2D eigenvalue weighted by Gasteiger charge is -2.47. The van der Waals surface area contributed by atoms with Crippen molar-refractivity contribution in [2.75, 3.05) is 0 Å². The zero-order valence-electron chi connectivity index (χ0n) is 16.3. The van der Waals surface area contributed by atoms with E-state index in [1.165, 1.54) is 33.4 Å². The number of benzene rings is 2. The highest BCUT2D eigenvalue weighted by Gasteiger charge is 2.31. The molecular weight excluding hydrogens is 308 g/mol. The predicted molar refractivity (Wildman–Crippen MR) is 110 cm³/mol. The van der Waals surface area contributed by atoms with Crippen molar-refractivity contribution in [2.24, 2.45) is 0 Å². The molecule has 0 spiro atoms. The van der Waals surface area contributed by atoms with E-state index in [1.807, 2.05) is 0 Å². The highest BCUT2D eigenvalue weighted by Crippen LogP contribution is 2.20. The third-order valence-corrected chi connectivity index (χ3v) is 18.4. The van der Waals surface area contributed by atoms with Crippen LogP contribution in [0.3, 0.4) is 0 Å². The van der Waals surface area contributed by atoms with Gasteiger partial charge in [0, 0.05) is 0 Å². The molecule has 2 heteroatoms. The minimum Gasteiger partial charge on any atom is -0.253 e. The van der Waals surface area contributed by atoms with Gasteiger partial charge in [0.2, 0.25) is 0 Å². The first-order chi connectivity index (χ1) is 10.6. The average molecular weight is 340 g/mol. The molecule has 2 aromatic rings. The van der Waals surface area contributed by atoms with Gasteiger partial charge in [0.15, 0.2) is 0 Å². The zero-order valence-corrected chi connectivity index (χ0v) is 18.3. The van der Waals surface area contributed by atoms with Crippen LogP contribution in [-0.2, 0) is 0 Å². The second-order valence-corrected chi connectivity index (χ2v) is 18.9. The van der Waals surface area contributed by atoms with E-state index in [4.69, 9.17) is 0 Å². The van der Waals surface area contributed by atoms with E-state index in [2.05, 4.69) is 85.4 Å². The Bertz CT molecular complexity index is 638. The highest BCUT2D eigenvalue weighted by atomic mass is 29.2. The second kappa shape index (κ2) is 6.41. The molecule has 0 atom stereocenters. The summed E-state index contributed by atoms with van der Waals surface area (Å²) in [7, 11) is -2.15. The molecule has 0 N–H and O–H groups in total. The molecular formula is C21H31Si2-. The lowest BCUT2D eigenvalue weighted by molar-refractivity contribution is 1.33. The fraction of sp³-hybridized carbons (Fsp3) is 0.429. The van der Waals surface area contributed by atoms with Crippen LogP contribution in [0.2, 0.25) is 19.6 Å². The second-order valence-electron chi connectivity index (χ2n) is 7.67. The van der Waals surface area contributed by atoms with E-state index in [0.29, 0.717) is 0 Å². The van der Waals surface area contributed by atoms with Gasteiger partial charge in [-0.3, -0.25) is 8.31 Å². The van der Waals surface area contributed by atoms with Crippen molar-refractivity contribution in [1.29, 1.82) is 0 Å². The molecule has 23 heavy (non-hydrogen) atoms. The first kappa shape index (κ1) is 18.2. The Kier molecular flexibility index (Phi) is 5.07. The Labute approximate surface area is 145 Å². The van der Waals surface area contributed by atoms with Gasteiger partial charge in [0.1, 0.15) is 0 Å². The van der Waals surface area contributed by atoms with Gasteiger partial charge in [0.05, 0.1) is 0 Å². The van der Waals surface area contributed by atoms with Crippen molar-refractivity contribution in [3.63, 3.8) is 0 Å². The minimum absolute atomic E-state index is 0.451. The zero-order chi connectivity index (χ0) is 17.5. The summed E-state index contributed by atoms with van der Waals surface area (Å²) in [5.41, 5.74) is 8.78. The van der Waals surface area contributed by atoms with E-state index in [1.54, 1.807) is 10.4 Å². The number of hydrogen-bond acceptors (Lipinski definition) is 0. The van der Waals surface area contributed by atoms with Gasteiger partial charge in [-0.05, 0) is 49.1 Å². The summed E-state index contributed by atoms with van der Waals surface area (Å²) in [6, 6.07) is 9.54. The summed E-state index contributed by atoms with van der Waals surface area (Å²) in [6.07, 6.45) is 0. The van der Waals surface area contributed by atoms with Crippen LogP contribution in [0.25, 0.3) is 0 Å². The fourth-order valence-corrected chi connectivity index (χ4v) is 14.6. The van der Waals surface area contributed by atoms with Crippen LogP contribution >= 0.6 is 0 Å². The van der Waals surface area contributed by atoms with Crippen molar-refractivity contribution in [2.45, 2.75) is 61.2 Å². The molecule has 0 saturated carbocycles. The van der Waals surface area contributed by atoms with Gasteiger partial charge in [-0.15, -0.1) is 0 Å². The van der Waals surface area contributed by atoms with Crippen LogP contribution in [-0.4, -0.2) is 15.9 Å². The predicted octanol–water partition coefficient (Wildman–Crippen LogP) is 4.56. The first-order valence-corrected chi connectivity index (χ1v) is 14.6. The SMILES string of the molecule is Cc1cc(C)c([Si](C)(c2c(C)cc(C)cc2C)[Si-](C)C)c(C)c1. The Morgan fingerprint density at radius 1 is 0.609 bits per heavy atom. The van der Waals surface area contributed by atoms with Crippen LogP contribution in [0.5, 0.6) is 0 Å². The van der Waals surface area contributed by atoms with Gasteiger partial charge >= 0.3 is 0 Å². The smallest absolute Gasteiger partial charge is 0.0333 e. The van der Waals surface area contributed by atoms with Gasteiger partial charge in [-0.1, -0.05) is 74.6 Å². The van der Waals surface area contributed by atoms with Crippen LogP contribution in [0.1, 0.15) is 33.4 Å². The third kappa shape index (κ3) is 3.11. The molecule has 0 aliphatic heterocycles. The van der Waals surface area contributed by atoms with Crippen LogP contribution in [0.15, 0.2) is 24.3 Å². The minimum atomic E-state index is -1.70. The van der Waals surface area contributed by atoms with Crippen molar-refractivity contribution in [3.8, 4) is 0 Å². The van der Waals surface area contributed by atoms with Crippen molar-refractivity contribution in [1.82, 2.24) is 0 Å². The molecule has 0 fully saturated rings. The van der Waals surface area contributed by atoms with Gasteiger partial charge in [-0.2, -0.15) is 13.1 Å². The summed E-state index contributed by atoms with van der Waals surface area (Å²) in [6.45, 7) is 21.4. The van der Waals surface area contributed by atoms with E-state index >= 15 is 0 Å². The quantitative estimate of drug-likeness (QED) is 0.719. The van der Waals surface area contributed by atoms with Crippen LogP contribution in [0.4, 0.5) is 0 Å². The Morgan fingerprint density at radius 2 is 0.870 bits per heavy atom. The number of aryl methyl sites for hydroxylation is 6. The molecule has 0 radical (unpaired) electrons. The van der Waals surface area contributed by atoms with Gasteiger partial charge in [0.25, 0.3) is 0 Å². The lowest BCUT2D eigenvalue weighted by Crippen LogP contribution is -2.67. The van der Waals surface area contributed by atoms with Crippen molar-refractivity contribution < 1.29 is 0 Å². The molecule has 0 bridgehead atoms. The molecule has 2 aromatic carbocycles. The summed E-state index contributed by atoms with van der Waals surface area (Å²) in [5, 5.41) is 3.38. The summed E-state index contributed by atoms with van der Waals surface area (Å²) in [4.78, 5) is 0. The topological polar surface area (TPSA) is 0 Å². The Hall–Kier alpha value is -1.13. The number of rotatable bonds is 3. The van der Waals surface area contributed by atoms with E-state index in [9.17, 15) is 0 Å². The molecule has 0 heterocycles. The molecule has 2 rings (SSSR count). The monoisotopic (exact) mass is 339 g/mol. The lowest BCUT2D eigenvalue weighted by atomic mass is 10.1. The molecule has 0 amide bonds. The standard InChI is InChI=1S/C21H31Si2/c1-14-10-16(3)20(17(4)11-14)23(9,22(7)8)21-18(5)12-15(2)13-19(21)6/h10-13H,1-9H3/q-1. The maximum atomic E-state index is 2.62. The summed E-state index contributed by atoms with van der Waals surface area (Å²) >= 11 is 0. The van der Waals surface area contributed by atoms with Gasteiger partial charge in [-0.25, -0.2) is 0 Å². The van der Waals surface area contributed by atoms with Crippen molar-refractivity contribution in [3.05, 3.63) is 57.6 Å². The molecule has 0 aliphatic carbocycles. The molecule has 0 saturated heterocycles. The first-order valence-electron chi connectivity index (χ1n) is 8.56. The van der Waals surface area contributed by atoms with Crippen LogP contribution in [0, 0.1) is 41.5 Å². The van der Waals surface area contributed by atoms with E-state index < -0.39 is 15.9 Å². The fourth-order valence-electron chi connectivity index (χ4n) is 4.56. The molecule has 0 nitrogen and oxygen atoms in total. The molecule has 0 aliphatic rings. The Morgan fingerprint density at radius 3 is 1.09 bits per heavy atom. The molecule has 124 valence electrons. The van der Waals surface area contributed by atoms with E-state index in [-0.39, 0.29) is 0 Å². The molecule has 0 unspecified atom stereocenters. The van der Waals surface area contributed by atoms with Crippen molar-refractivity contribution >= 4 is 26.3 Å². The average Bonchev–Trinajstić information content (AvgIpc) is 2.35. The van der Waals surface area contributed by atoms with Gasteiger partial charge < -0.3 is 0 Å². The molecule has 0 aromatic heterocycles. The number of hydrogen-bond donors (Lipinski definition) is 0. The largest absolute Gasteiger partial charge is 0.253 e. The Balaban J connectivity index is 2.87. The van der Waals surface area contributed by atoms with Crippen LogP contribution < -0.4 is 10.4 Å². The maximum Gasteiger partial charge on any atom is -0.0333 e. The van der Waals surface area contributed by atoms with E-state index in [0.717, 1.165) is 0 Å². The summed E-state index contributed by atoms with van der Waals surface area (Å²) in [5.74, 6) is 0. The summed E-state index contributed by atoms with van der Waals surface area (Å²) < 4.78 is 0.